The van der Waals surface area contributed by atoms with Gasteiger partial charge in [-0.05, 0) is 43.1 Å². The Hall–Kier alpha value is -3.36. The van der Waals surface area contributed by atoms with Crippen molar-refractivity contribution in [1.29, 1.82) is 0 Å². The fraction of sp³-hybridized carbons (Fsp3) is 0.240. The lowest BCUT2D eigenvalue weighted by atomic mass is 10.0. The first-order valence-electron chi connectivity index (χ1n) is 11.1. The quantitative estimate of drug-likeness (QED) is 0.452. The molecule has 1 saturated heterocycles. The fourth-order valence-corrected chi connectivity index (χ4v) is 5.82. The van der Waals surface area contributed by atoms with Gasteiger partial charge < -0.3 is 11.1 Å². The highest BCUT2D eigenvalue weighted by molar-refractivity contribution is 7.90. The van der Waals surface area contributed by atoms with Gasteiger partial charge in [0.15, 0.2) is 5.65 Å². The van der Waals surface area contributed by atoms with Crippen molar-refractivity contribution < 1.29 is 8.42 Å². The van der Waals surface area contributed by atoms with Crippen LogP contribution < -0.4 is 11.1 Å². The van der Waals surface area contributed by atoms with E-state index in [4.69, 9.17) is 5.73 Å². The second kappa shape index (κ2) is 8.88. The maximum Gasteiger partial charge on any atom is 0.269 e. The number of likely N-dealkylation sites (tertiary alicyclic amines) is 1. The first-order chi connectivity index (χ1) is 16.0. The largest absolute Gasteiger partial charge is 0.396 e. The highest BCUT2D eigenvalue weighted by Crippen LogP contribution is 2.32. The van der Waals surface area contributed by atoms with E-state index < -0.39 is 10.0 Å². The summed E-state index contributed by atoms with van der Waals surface area (Å²) < 4.78 is 27.6. The molecule has 1 aliphatic heterocycles. The summed E-state index contributed by atoms with van der Waals surface area (Å²) in [5, 5.41) is 4.30. The van der Waals surface area contributed by atoms with Crippen LogP contribution >= 0.6 is 0 Å². The third kappa shape index (κ3) is 4.31. The molecule has 33 heavy (non-hydrogen) atoms. The third-order valence-electron chi connectivity index (χ3n) is 6.11. The molecule has 0 amide bonds. The lowest BCUT2D eigenvalue weighted by molar-refractivity contribution is 0.208. The predicted octanol–water partition coefficient (Wildman–Crippen LogP) is 3.93. The first-order valence-corrected chi connectivity index (χ1v) is 12.6. The minimum atomic E-state index is -3.75. The molecule has 3 N–H and O–H groups in total. The molecule has 4 aromatic rings. The van der Waals surface area contributed by atoms with Gasteiger partial charge in [0.25, 0.3) is 10.0 Å². The molecule has 2 aromatic carbocycles. The predicted molar refractivity (Wildman–Crippen MR) is 132 cm³/mol. The van der Waals surface area contributed by atoms with Gasteiger partial charge in [-0.2, -0.15) is 0 Å². The Kier molecular flexibility index (Phi) is 5.78. The zero-order chi connectivity index (χ0) is 22.8. The number of benzene rings is 2. The molecule has 1 atom stereocenters. The molecular formula is C25H27N5O2S. The number of hydrogen-bond acceptors (Lipinski definition) is 6. The molecular weight excluding hydrogens is 434 g/mol. The summed E-state index contributed by atoms with van der Waals surface area (Å²) >= 11 is 0. The third-order valence-corrected chi connectivity index (χ3v) is 7.79. The minimum Gasteiger partial charge on any atom is -0.396 e. The van der Waals surface area contributed by atoms with E-state index in [-0.39, 0.29) is 10.9 Å². The lowest BCUT2D eigenvalue weighted by Gasteiger charge is -2.34. The van der Waals surface area contributed by atoms with Crippen LogP contribution in [-0.4, -0.2) is 41.4 Å². The molecule has 2 aromatic heterocycles. The van der Waals surface area contributed by atoms with Gasteiger partial charge in [0.1, 0.15) is 0 Å². The van der Waals surface area contributed by atoms with Crippen molar-refractivity contribution in [3.63, 3.8) is 0 Å². The highest BCUT2D eigenvalue weighted by Gasteiger charge is 2.24. The molecule has 0 saturated carbocycles. The molecule has 5 rings (SSSR count). The summed E-state index contributed by atoms with van der Waals surface area (Å²) in [5.74, 6) is 0. The van der Waals surface area contributed by atoms with Crippen molar-refractivity contribution in [2.24, 2.45) is 0 Å². The lowest BCUT2D eigenvalue weighted by Crippen LogP contribution is -2.41. The van der Waals surface area contributed by atoms with Crippen LogP contribution in [0.5, 0.6) is 0 Å². The molecule has 0 bridgehead atoms. The standard InChI is InChI=1S/C25H27N5O2S/c26-23-16-27-25-22(13-15-30(25)33(31,32)21-11-5-2-6-12-21)24(23)28-20-10-7-14-29(18-20)17-19-8-3-1-4-9-19/h1-6,8-9,11-13,15-16,20H,7,10,14,17-18,26H2,(H,27,28). The number of nitrogens with two attached hydrogens (primary N) is 1. The molecule has 1 unspecified atom stereocenters. The number of fused-ring (bicyclic) bond motifs is 1. The van der Waals surface area contributed by atoms with Crippen molar-refractivity contribution in [2.45, 2.75) is 30.3 Å². The topological polar surface area (TPSA) is 93.2 Å². The van der Waals surface area contributed by atoms with Crippen molar-refractivity contribution >= 4 is 32.4 Å². The van der Waals surface area contributed by atoms with Gasteiger partial charge in [-0.3, -0.25) is 4.90 Å². The van der Waals surface area contributed by atoms with Gasteiger partial charge in [-0.1, -0.05) is 48.5 Å². The zero-order valence-corrected chi connectivity index (χ0v) is 19.1. The van der Waals surface area contributed by atoms with E-state index >= 15 is 0 Å². The number of hydrogen-bond donors (Lipinski definition) is 2. The molecule has 170 valence electrons. The van der Waals surface area contributed by atoms with Crippen LogP contribution in [0.2, 0.25) is 0 Å². The van der Waals surface area contributed by atoms with Crippen LogP contribution in [0, 0.1) is 0 Å². The van der Waals surface area contributed by atoms with E-state index in [9.17, 15) is 8.42 Å². The fourth-order valence-electron chi connectivity index (χ4n) is 4.50. The monoisotopic (exact) mass is 461 g/mol. The van der Waals surface area contributed by atoms with Crippen LogP contribution in [0.4, 0.5) is 11.4 Å². The minimum absolute atomic E-state index is 0.212. The number of nitrogen functional groups attached to an aromatic ring is 1. The first kappa shape index (κ1) is 21.5. The van der Waals surface area contributed by atoms with Crippen LogP contribution in [0.1, 0.15) is 18.4 Å². The average molecular weight is 462 g/mol. The summed E-state index contributed by atoms with van der Waals surface area (Å²) in [6.07, 6.45) is 5.19. The second-order valence-electron chi connectivity index (χ2n) is 8.46. The Labute approximate surface area is 193 Å². The van der Waals surface area contributed by atoms with Crippen molar-refractivity contribution in [2.75, 3.05) is 24.1 Å². The van der Waals surface area contributed by atoms with Gasteiger partial charge >= 0.3 is 0 Å². The summed E-state index contributed by atoms with van der Waals surface area (Å²) in [4.78, 5) is 7.03. The molecule has 0 radical (unpaired) electrons. The van der Waals surface area contributed by atoms with Crippen molar-refractivity contribution in [3.8, 4) is 0 Å². The summed E-state index contributed by atoms with van der Waals surface area (Å²) in [5.41, 5.74) is 9.22. The van der Waals surface area contributed by atoms with Gasteiger partial charge in [0.05, 0.1) is 22.5 Å². The zero-order valence-electron chi connectivity index (χ0n) is 18.3. The molecule has 1 aliphatic rings. The molecule has 7 nitrogen and oxygen atoms in total. The number of anilines is 2. The second-order valence-corrected chi connectivity index (χ2v) is 10.3. The summed E-state index contributed by atoms with van der Waals surface area (Å²) in [6, 6.07) is 20.8. The van der Waals surface area contributed by atoms with Gasteiger partial charge in [-0.25, -0.2) is 17.4 Å². The number of nitrogens with one attached hydrogen (secondary N) is 1. The number of aromatic nitrogens is 2. The van der Waals surface area contributed by atoms with E-state index in [0.717, 1.165) is 38.2 Å². The molecule has 1 fully saturated rings. The van der Waals surface area contributed by atoms with E-state index in [2.05, 4.69) is 39.5 Å². The highest BCUT2D eigenvalue weighted by atomic mass is 32.2. The van der Waals surface area contributed by atoms with Gasteiger partial charge in [-0.15, -0.1) is 0 Å². The number of nitrogens with zero attached hydrogens (tertiary/aromatic N) is 3. The Morgan fingerprint density at radius 2 is 1.76 bits per heavy atom. The van der Waals surface area contributed by atoms with Crippen molar-refractivity contribution in [1.82, 2.24) is 13.9 Å². The number of rotatable bonds is 6. The maximum absolute atomic E-state index is 13.2. The van der Waals surface area contributed by atoms with E-state index in [1.54, 1.807) is 42.6 Å². The average Bonchev–Trinajstić information content (AvgIpc) is 3.28. The van der Waals surface area contributed by atoms with E-state index in [0.29, 0.717) is 16.7 Å². The molecule has 3 heterocycles. The van der Waals surface area contributed by atoms with Gasteiger partial charge in [0.2, 0.25) is 0 Å². The Morgan fingerprint density at radius 3 is 2.52 bits per heavy atom. The molecule has 0 aliphatic carbocycles. The maximum atomic E-state index is 13.2. The normalized spacial score (nSPS) is 17.3. The van der Waals surface area contributed by atoms with Crippen LogP contribution in [-0.2, 0) is 16.6 Å². The van der Waals surface area contributed by atoms with E-state index in [1.807, 2.05) is 6.07 Å². The number of pyridine rings is 1. The summed E-state index contributed by atoms with van der Waals surface area (Å²) in [6.45, 7) is 2.85. The Bertz CT molecular complexity index is 1350. The Balaban J connectivity index is 1.41. The van der Waals surface area contributed by atoms with Crippen LogP contribution in [0.25, 0.3) is 11.0 Å². The van der Waals surface area contributed by atoms with E-state index in [1.165, 1.54) is 15.7 Å². The number of piperidine rings is 1. The molecule has 8 heteroatoms. The smallest absolute Gasteiger partial charge is 0.269 e. The van der Waals surface area contributed by atoms with Gasteiger partial charge in [0, 0.05) is 30.7 Å². The van der Waals surface area contributed by atoms with Crippen molar-refractivity contribution in [3.05, 3.63) is 84.7 Å². The molecule has 0 spiro atoms. The summed E-state index contributed by atoms with van der Waals surface area (Å²) in [7, 11) is -3.75. The SMILES string of the molecule is Nc1cnc2c(ccn2S(=O)(=O)c2ccccc2)c1NC1CCCN(Cc2ccccc2)C1. The Morgan fingerprint density at radius 1 is 1.03 bits per heavy atom. The van der Waals surface area contributed by atoms with Crippen LogP contribution in [0.15, 0.2) is 84.0 Å². The van der Waals surface area contributed by atoms with Crippen LogP contribution in [0.3, 0.4) is 0 Å².